The van der Waals surface area contributed by atoms with Gasteiger partial charge in [0.05, 0.1) is 18.8 Å². The molecule has 0 radical (unpaired) electrons. The van der Waals surface area contributed by atoms with Crippen LogP contribution in [0.25, 0.3) is 0 Å². The number of hydrogen-bond donors (Lipinski definition) is 1. The first-order valence-corrected chi connectivity index (χ1v) is 7.15. The molecule has 1 saturated heterocycles. The van der Waals surface area contributed by atoms with Crippen LogP contribution in [0.5, 0.6) is 0 Å². The highest BCUT2D eigenvalue weighted by Crippen LogP contribution is 2.27. The second-order valence-corrected chi connectivity index (χ2v) is 5.19. The van der Waals surface area contributed by atoms with E-state index in [0.29, 0.717) is 5.56 Å². The molecule has 1 N–H and O–H groups in total. The summed E-state index contributed by atoms with van der Waals surface area (Å²) in [5, 5.41) is 3.33. The van der Waals surface area contributed by atoms with E-state index in [4.69, 9.17) is 4.74 Å². The second kappa shape index (κ2) is 6.38. The van der Waals surface area contributed by atoms with Crippen molar-refractivity contribution in [3.63, 3.8) is 0 Å². The predicted molar refractivity (Wildman–Crippen MR) is 69.9 cm³/mol. The van der Waals surface area contributed by atoms with Crippen LogP contribution in [-0.4, -0.2) is 30.8 Å². The van der Waals surface area contributed by atoms with E-state index >= 15 is 0 Å². The number of hydrogen-bond acceptors (Lipinski definition) is 3. The number of likely N-dealkylation sites (N-methyl/N-ethyl adjacent to an activating group) is 1. The minimum atomic E-state index is -0.155. The Morgan fingerprint density at radius 3 is 3.00 bits per heavy atom. The Bertz CT molecular complexity index is 355. The van der Waals surface area contributed by atoms with Gasteiger partial charge in [0.2, 0.25) is 0 Å². The summed E-state index contributed by atoms with van der Waals surface area (Å²) in [6, 6.07) is 6.90. The average Bonchev–Trinajstić information content (AvgIpc) is 2.38. The lowest BCUT2D eigenvalue weighted by atomic mass is 10.0. The van der Waals surface area contributed by atoms with Crippen molar-refractivity contribution in [3.8, 4) is 0 Å². The van der Waals surface area contributed by atoms with Gasteiger partial charge in [-0.3, -0.25) is 0 Å². The molecule has 1 heterocycles. The second-order valence-electron chi connectivity index (χ2n) is 4.04. The molecule has 2 unspecified atom stereocenters. The van der Waals surface area contributed by atoms with Crippen LogP contribution in [0.15, 0.2) is 24.3 Å². The van der Waals surface area contributed by atoms with E-state index in [1.54, 1.807) is 6.07 Å². The lowest BCUT2D eigenvalue weighted by Crippen LogP contribution is -2.38. The zero-order valence-corrected chi connectivity index (χ0v) is 10.8. The van der Waals surface area contributed by atoms with E-state index in [1.807, 2.05) is 30.8 Å². The van der Waals surface area contributed by atoms with Crippen LogP contribution >= 0.6 is 11.8 Å². The van der Waals surface area contributed by atoms with Gasteiger partial charge in [-0.25, -0.2) is 4.39 Å². The summed E-state index contributed by atoms with van der Waals surface area (Å²) in [5.41, 5.74) is 0.710. The highest BCUT2D eigenvalue weighted by atomic mass is 32.2. The van der Waals surface area contributed by atoms with Crippen LogP contribution < -0.4 is 5.32 Å². The van der Waals surface area contributed by atoms with Crippen molar-refractivity contribution in [3.05, 3.63) is 35.6 Å². The van der Waals surface area contributed by atoms with Gasteiger partial charge >= 0.3 is 0 Å². The van der Waals surface area contributed by atoms with E-state index in [1.165, 1.54) is 6.07 Å². The van der Waals surface area contributed by atoms with Crippen molar-refractivity contribution >= 4 is 11.8 Å². The van der Waals surface area contributed by atoms with Crippen molar-refractivity contribution in [2.45, 2.75) is 19.1 Å². The van der Waals surface area contributed by atoms with E-state index in [9.17, 15) is 4.39 Å². The topological polar surface area (TPSA) is 21.3 Å². The van der Waals surface area contributed by atoms with Gasteiger partial charge in [0.25, 0.3) is 0 Å². The smallest absolute Gasteiger partial charge is 0.128 e. The summed E-state index contributed by atoms with van der Waals surface area (Å²) in [7, 11) is 0. The SMILES string of the molecule is CCNC(c1ccccc1F)C1CSCCO1. The van der Waals surface area contributed by atoms with E-state index < -0.39 is 0 Å². The molecule has 0 amide bonds. The summed E-state index contributed by atoms with van der Waals surface area (Å²) >= 11 is 1.87. The molecule has 17 heavy (non-hydrogen) atoms. The molecule has 0 saturated carbocycles. The third-order valence-electron chi connectivity index (χ3n) is 2.88. The molecule has 1 fully saturated rings. The molecular weight excluding hydrogens is 237 g/mol. The Morgan fingerprint density at radius 1 is 1.53 bits per heavy atom. The molecule has 2 rings (SSSR count). The first-order chi connectivity index (χ1) is 8.33. The lowest BCUT2D eigenvalue weighted by Gasteiger charge is -2.31. The number of rotatable bonds is 4. The van der Waals surface area contributed by atoms with Gasteiger partial charge in [-0.15, -0.1) is 0 Å². The molecule has 1 aromatic rings. The largest absolute Gasteiger partial charge is 0.375 e. The van der Waals surface area contributed by atoms with Crippen molar-refractivity contribution in [2.24, 2.45) is 0 Å². The molecule has 1 aliphatic heterocycles. The maximum absolute atomic E-state index is 13.8. The third-order valence-corrected chi connectivity index (χ3v) is 3.90. The van der Waals surface area contributed by atoms with Gasteiger partial charge in [0.1, 0.15) is 5.82 Å². The van der Waals surface area contributed by atoms with Crippen molar-refractivity contribution in [1.82, 2.24) is 5.32 Å². The molecule has 0 spiro atoms. The minimum Gasteiger partial charge on any atom is -0.375 e. The number of halogens is 1. The Hall–Kier alpha value is -0.580. The monoisotopic (exact) mass is 255 g/mol. The zero-order chi connectivity index (χ0) is 12.1. The van der Waals surface area contributed by atoms with Gasteiger partial charge in [0, 0.05) is 17.1 Å². The van der Waals surface area contributed by atoms with E-state index in [0.717, 1.165) is 24.7 Å². The number of ether oxygens (including phenoxy) is 1. The van der Waals surface area contributed by atoms with Gasteiger partial charge in [0.15, 0.2) is 0 Å². The average molecular weight is 255 g/mol. The fourth-order valence-electron chi connectivity index (χ4n) is 2.09. The summed E-state index contributed by atoms with van der Waals surface area (Å²) < 4.78 is 19.6. The quantitative estimate of drug-likeness (QED) is 0.893. The zero-order valence-electron chi connectivity index (χ0n) is 9.99. The highest BCUT2D eigenvalue weighted by Gasteiger charge is 2.27. The van der Waals surface area contributed by atoms with Crippen molar-refractivity contribution in [2.75, 3.05) is 24.7 Å². The Kier molecular flexibility index (Phi) is 4.83. The highest BCUT2D eigenvalue weighted by molar-refractivity contribution is 7.99. The molecule has 0 bridgehead atoms. The fourth-order valence-corrected chi connectivity index (χ4v) is 2.99. The van der Waals surface area contributed by atoms with Gasteiger partial charge in [-0.05, 0) is 12.6 Å². The molecular formula is C13H18FNOS. The van der Waals surface area contributed by atoms with E-state index in [-0.39, 0.29) is 18.0 Å². The van der Waals surface area contributed by atoms with Crippen LogP contribution in [0.3, 0.4) is 0 Å². The maximum atomic E-state index is 13.8. The third kappa shape index (κ3) is 3.21. The fraction of sp³-hybridized carbons (Fsp3) is 0.538. The normalized spacial score (nSPS) is 22.4. The molecule has 0 aromatic heterocycles. The predicted octanol–water partition coefficient (Wildman–Crippen LogP) is 2.61. The Labute approximate surface area is 106 Å². The molecule has 2 nitrogen and oxygen atoms in total. The molecule has 94 valence electrons. The molecule has 1 aromatic carbocycles. The summed E-state index contributed by atoms with van der Waals surface area (Å²) in [6.07, 6.45) is 0.0607. The number of nitrogens with one attached hydrogen (secondary N) is 1. The van der Waals surface area contributed by atoms with E-state index in [2.05, 4.69) is 5.32 Å². The Balaban J connectivity index is 2.18. The lowest BCUT2D eigenvalue weighted by molar-refractivity contribution is 0.0463. The molecule has 1 aliphatic rings. The number of benzene rings is 1. The van der Waals surface area contributed by atoms with Crippen LogP contribution in [0.2, 0.25) is 0 Å². The molecule has 2 atom stereocenters. The number of thioether (sulfide) groups is 1. The Morgan fingerprint density at radius 2 is 2.35 bits per heavy atom. The first-order valence-electron chi connectivity index (χ1n) is 6.00. The summed E-state index contributed by atoms with van der Waals surface area (Å²) in [4.78, 5) is 0. The minimum absolute atomic E-state index is 0.0472. The van der Waals surface area contributed by atoms with Gasteiger partial charge < -0.3 is 10.1 Å². The van der Waals surface area contributed by atoms with Crippen LogP contribution in [-0.2, 0) is 4.74 Å². The summed E-state index contributed by atoms with van der Waals surface area (Å²) in [6.45, 7) is 3.60. The van der Waals surface area contributed by atoms with Gasteiger partial charge in [-0.2, -0.15) is 11.8 Å². The van der Waals surface area contributed by atoms with Crippen LogP contribution in [0, 0.1) is 5.82 Å². The van der Waals surface area contributed by atoms with Crippen LogP contribution in [0.4, 0.5) is 4.39 Å². The maximum Gasteiger partial charge on any atom is 0.128 e. The molecule has 0 aliphatic carbocycles. The van der Waals surface area contributed by atoms with Crippen molar-refractivity contribution in [1.29, 1.82) is 0 Å². The van der Waals surface area contributed by atoms with Crippen LogP contribution in [0.1, 0.15) is 18.5 Å². The van der Waals surface area contributed by atoms with Crippen molar-refractivity contribution < 1.29 is 9.13 Å². The summed E-state index contributed by atoms with van der Waals surface area (Å²) in [5.74, 6) is 1.80. The standard InChI is InChI=1S/C13H18FNOS/c1-2-15-13(12-9-17-8-7-16-12)10-5-3-4-6-11(10)14/h3-6,12-13,15H,2,7-9H2,1H3. The molecule has 4 heteroatoms. The first kappa shape index (κ1) is 12.9. The van der Waals surface area contributed by atoms with Gasteiger partial charge in [-0.1, -0.05) is 25.1 Å².